The molecule has 1 aromatic heterocycles. The van der Waals surface area contributed by atoms with Gasteiger partial charge in [-0.2, -0.15) is 4.98 Å². The molecular formula is C10H19N3O2. The van der Waals surface area contributed by atoms with Gasteiger partial charge in [0.25, 0.3) is 0 Å². The lowest BCUT2D eigenvalue weighted by molar-refractivity contribution is 0.149. The zero-order valence-corrected chi connectivity index (χ0v) is 9.40. The number of hydrogen-bond acceptors (Lipinski definition) is 5. The van der Waals surface area contributed by atoms with Crippen molar-refractivity contribution in [2.75, 3.05) is 13.2 Å². The first kappa shape index (κ1) is 12.1. The van der Waals surface area contributed by atoms with E-state index in [9.17, 15) is 0 Å². The second-order valence-corrected chi connectivity index (χ2v) is 3.39. The SMILES string of the molecule is CCCC(N)c1nc(CCOCC)no1. The van der Waals surface area contributed by atoms with Gasteiger partial charge in [-0.25, -0.2) is 0 Å². The molecule has 86 valence electrons. The molecule has 2 N–H and O–H groups in total. The Labute approximate surface area is 90.0 Å². The largest absolute Gasteiger partial charge is 0.381 e. The molecule has 1 heterocycles. The van der Waals surface area contributed by atoms with Crippen LogP contribution in [-0.4, -0.2) is 23.4 Å². The van der Waals surface area contributed by atoms with Crippen molar-refractivity contribution in [3.05, 3.63) is 11.7 Å². The van der Waals surface area contributed by atoms with Crippen molar-refractivity contribution < 1.29 is 9.26 Å². The van der Waals surface area contributed by atoms with Crippen molar-refractivity contribution in [1.82, 2.24) is 10.1 Å². The van der Waals surface area contributed by atoms with E-state index < -0.39 is 0 Å². The topological polar surface area (TPSA) is 74.2 Å². The molecular weight excluding hydrogens is 194 g/mol. The third kappa shape index (κ3) is 3.97. The first-order valence-electron chi connectivity index (χ1n) is 5.43. The van der Waals surface area contributed by atoms with E-state index in [1.807, 2.05) is 6.92 Å². The molecule has 0 fully saturated rings. The van der Waals surface area contributed by atoms with E-state index in [2.05, 4.69) is 17.1 Å². The number of nitrogens with zero attached hydrogens (tertiary/aromatic N) is 2. The lowest BCUT2D eigenvalue weighted by Crippen LogP contribution is -2.10. The quantitative estimate of drug-likeness (QED) is 0.694. The van der Waals surface area contributed by atoms with E-state index in [1.165, 1.54) is 0 Å². The van der Waals surface area contributed by atoms with Crippen molar-refractivity contribution in [1.29, 1.82) is 0 Å². The number of nitrogens with two attached hydrogens (primary N) is 1. The molecule has 0 amide bonds. The van der Waals surface area contributed by atoms with Crippen LogP contribution in [0, 0.1) is 0 Å². The summed E-state index contributed by atoms with van der Waals surface area (Å²) in [7, 11) is 0. The maximum absolute atomic E-state index is 5.85. The molecule has 5 nitrogen and oxygen atoms in total. The molecule has 0 saturated heterocycles. The standard InChI is InChI=1S/C10H19N3O2/c1-3-5-8(11)10-12-9(13-15-10)6-7-14-4-2/h8H,3-7,11H2,1-2H3. The van der Waals surface area contributed by atoms with Gasteiger partial charge in [0.2, 0.25) is 5.89 Å². The fourth-order valence-electron chi connectivity index (χ4n) is 1.26. The maximum atomic E-state index is 5.85. The minimum atomic E-state index is -0.136. The van der Waals surface area contributed by atoms with Gasteiger partial charge in [-0.15, -0.1) is 0 Å². The van der Waals surface area contributed by atoms with Crippen molar-refractivity contribution in [2.45, 2.75) is 39.2 Å². The van der Waals surface area contributed by atoms with Crippen molar-refractivity contribution in [2.24, 2.45) is 5.73 Å². The molecule has 1 atom stereocenters. The van der Waals surface area contributed by atoms with Gasteiger partial charge >= 0.3 is 0 Å². The minimum absolute atomic E-state index is 0.136. The first-order chi connectivity index (χ1) is 7.27. The molecule has 0 aliphatic heterocycles. The fraction of sp³-hybridized carbons (Fsp3) is 0.800. The van der Waals surface area contributed by atoms with Crippen LogP contribution in [0.25, 0.3) is 0 Å². The average molecular weight is 213 g/mol. The van der Waals surface area contributed by atoms with E-state index in [1.54, 1.807) is 0 Å². The molecule has 0 radical (unpaired) electrons. The van der Waals surface area contributed by atoms with Crippen LogP contribution in [0.2, 0.25) is 0 Å². The number of ether oxygens (including phenoxy) is 1. The average Bonchev–Trinajstić information content (AvgIpc) is 2.67. The molecule has 0 aromatic carbocycles. The summed E-state index contributed by atoms with van der Waals surface area (Å²) in [5.41, 5.74) is 5.85. The van der Waals surface area contributed by atoms with Crippen LogP contribution in [-0.2, 0) is 11.2 Å². The van der Waals surface area contributed by atoms with Gasteiger partial charge in [-0.3, -0.25) is 0 Å². The Morgan fingerprint density at radius 3 is 2.93 bits per heavy atom. The Morgan fingerprint density at radius 1 is 1.47 bits per heavy atom. The highest BCUT2D eigenvalue weighted by atomic mass is 16.5. The Hall–Kier alpha value is -0.940. The molecule has 0 bridgehead atoms. The highest BCUT2D eigenvalue weighted by Gasteiger charge is 2.13. The summed E-state index contributed by atoms with van der Waals surface area (Å²) in [5.74, 6) is 1.20. The Balaban J connectivity index is 2.41. The summed E-state index contributed by atoms with van der Waals surface area (Å²) < 4.78 is 10.3. The van der Waals surface area contributed by atoms with E-state index in [4.69, 9.17) is 15.0 Å². The lowest BCUT2D eigenvalue weighted by Gasteiger charge is -2.02. The molecule has 5 heteroatoms. The van der Waals surface area contributed by atoms with E-state index >= 15 is 0 Å². The summed E-state index contributed by atoms with van der Waals surface area (Å²) in [5, 5.41) is 3.85. The van der Waals surface area contributed by atoms with Crippen LogP contribution in [0.1, 0.15) is 44.4 Å². The molecule has 0 spiro atoms. The van der Waals surface area contributed by atoms with E-state index in [0.29, 0.717) is 31.3 Å². The van der Waals surface area contributed by atoms with Gasteiger partial charge in [-0.05, 0) is 13.3 Å². The molecule has 0 saturated carbocycles. The summed E-state index contributed by atoms with van der Waals surface area (Å²) >= 11 is 0. The van der Waals surface area contributed by atoms with E-state index in [-0.39, 0.29) is 6.04 Å². The summed E-state index contributed by atoms with van der Waals surface area (Å²) in [6.45, 7) is 5.36. The van der Waals surface area contributed by atoms with Crippen molar-refractivity contribution in [3.63, 3.8) is 0 Å². The fourth-order valence-corrected chi connectivity index (χ4v) is 1.26. The van der Waals surface area contributed by atoms with Crippen LogP contribution in [0.4, 0.5) is 0 Å². The first-order valence-corrected chi connectivity index (χ1v) is 5.43. The maximum Gasteiger partial charge on any atom is 0.243 e. The highest BCUT2D eigenvalue weighted by Crippen LogP contribution is 2.13. The molecule has 1 rings (SSSR count). The second-order valence-electron chi connectivity index (χ2n) is 3.39. The monoisotopic (exact) mass is 213 g/mol. The lowest BCUT2D eigenvalue weighted by atomic mass is 10.2. The van der Waals surface area contributed by atoms with E-state index in [0.717, 1.165) is 12.8 Å². The third-order valence-corrected chi connectivity index (χ3v) is 2.07. The Bertz CT molecular complexity index is 275. The van der Waals surface area contributed by atoms with Gasteiger partial charge in [0.05, 0.1) is 12.6 Å². The Kier molecular flexibility index (Phi) is 5.28. The van der Waals surface area contributed by atoms with Crippen LogP contribution in [0.15, 0.2) is 4.52 Å². The van der Waals surface area contributed by atoms with Gasteiger partial charge in [0, 0.05) is 13.0 Å². The third-order valence-electron chi connectivity index (χ3n) is 2.07. The Morgan fingerprint density at radius 2 is 2.27 bits per heavy atom. The van der Waals surface area contributed by atoms with Crippen LogP contribution in [0.3, 0.4) is 0 Å². The number of hydrogen-bond donors (Lipinski definition) is 1. The molecule has 0 aliphatic rings. The predicted octanol–water partition coefficient (Wildman–Crippen LogP) is 1.45. The van der Waals surface area contributed by atoms with Gasteiger partial charge < -0.3 is 15.0 Å². The minimum Gasteiger partial charge on any atom is -0.381 e. The smallest absolute Gasteiger partial charge is 0.243 e. The van der Waals surface area contributed by atoms with Crippen LogP contribution >= 0.6 is 0 Å². The molecule has 1 aromatic rings. The summed E-state index contributed by atoms with van der Waals surface area (Å²) in [6.07, 6.45) is 2.56. The molecule has 15 heavy (non-hydrogen) atoms. The van der Waals surface area contributed by atoms with Crippen molar-refractivity contribution in [3.8, 4) is 0 Å². The van der Waals surface area contributed by atoms with Gasteiger partial charge in [0.1, 0.15) is 0 Å². The van der Waals surface area contributed by atoms with Crippen LogP contribution < -0.4 is 5.73 Å². The zero-order valence-electron chi connectivity index (χ0n) is 9.40. The second kappa shape index (κ2) is 6.53. The van der Waals surface area contributed by atoms with Gasteiger partial charge in [0.15, 0.2) is 5.82 Å². The highest BCUT2D eigenvalue weighted by molar-refractivity contribution is 4.91. The van der Waals surface area contributed by atoms with Crippen LogP contribution in [0.5, 0.6) is 0 Å². The predicted molar refractivity (Wildman–Crippen MR) is 56.3 cm³/mol. The zero-order chi connectivity index (χ0) is 11.1. The normalized spacial score (nSPS) is 13.0. The van der Waals surface area contributed by atoms with Crippen molar-refractivity contribution >= 4 is 0 Å². The van der Waals surface area contributed by atoms with Gasteiger partial charge in [-0.1, -0.05) is 18.5 Å². The summed E-state index contributed by atoms with van der Waals surface area (Å²) in [4.78, 5) is 4.22. The molecule has 0 aliphatic carbocycles. The summed E-state index contributed by atoms with van der Waals surface area (Å²) in [6, 6.07) is -0.136. The molecule has 1 unspecified atom stereocenters. The number of rotatable bonds is 7. The number of aromatic nitrogens is 2.